The molecule has 0 aliphatic carbocycles. The van der Waals surface area contributed by atoms with Crippen LogP contribution in [-0.4, -0.2) is 16.4 Å². The van der Waals surface area contributed by atoms with Crippen LogP contribution in [0.3, 0.4) is 0 Å². The molecule has 1 heterocycles. The molecule has 1 N–H and O–H groups in total. The van der Waals surface area contributed by atoms with Crippen molar-refractivity contribution in [1.82, 2.24) is 10.2 Å². The summed E-state index contributed by atoms with van der Waals surface area (Å²) in [7, 11) is 0. The molecule has 0 aliphatic heterocycles. The molecule has 0 bridgehead atoms. The average molecular weight is 121 g/mol. The first-order valence-electron chi connectivity index (χ1n) is 2.57. The number of nitrogens with zero attached hydrogens (tertiary/aromatic N) is 2. The Balaban J connectivity index is 2.67. The number of aromatic nitrogens is 2. The van der Waals surface area contributed by atoms with Crippen LogP contribution in [0.5, 0.6) is 0 Å². The van der Waals surface area contributed by atoms with Crippen LogP contribution in [0.1, 0.15) is 5.69 Å². The first-order valence-corrected chi connectivity index (χ1v) is 2.57. The largest absolute Gasteiger partial charge is 0.277 e. The molecule has 0 aromatic carbocycles. The number of H-pyrrole nitrogens is 1. The molecular formula is C6H7N3. The minimum atomic E-state index is 0.884. The van der Waals surface area contributed by atoms with Gasteiger partial charge in [0.1, 0.15) is 0 Å². The van der Waals surface area contributed by atoms with E-state index in [0.29, 0.717) is 0 Å². The molecule has 0 spiro atoms. The van der Waals surface area contributed by atoms with E-state index >= 15 is 0 Å². The van der Waals surface area contributed by atoms with E-state index in [0.717, 1.165) is 5.69 Å². The van der Waals surface area contributed by atoms with Crippen LogP contribution in [0.4, 0.5) is 0 Å². The van der Waals surface area contributed by atoms with Crippen LogP contribution >= 0.6 is 0 Å². The average Bonchev–Trinajstić information content (AvgIpc) is 2.34. The molecule has 9 heavy (non-hydrogen) atoms. The molecule has 1 rings (SSSR count). The molecule has 3 heteroatoms. The van der Waals surface area contributed by atoms with Crippen LogP contribution in [-0.2, 0) is 0 Å². The smallest absolute Gasteiger partial charge is 0.0760 e. The van der Waals surface area contributed by atoms with Gasteiger partial charge in [-0.05, 0) is 6.07 Å². The minimum Gasteiger partial charge on any atom is -0.277 e. The quantitative estimate of drug-likeness (QED) is 0.582. The zero-order valence-corrected chi connectivity index (χ0v) is 4.91. The lowest BCUT2D eigenvalue weighted by molar-refractivity contribution is 1.08. The molecule has 0 saturated heterocycles. The summed E-state index contributed by atoms with van der Waals surface area (Å²) < 4.78 is 0. The van der Waals surface area contributed by atoms with E-state index < -0.39 is 0 Å². The van der Waals surface area contributed by atoms with Crippen molar-refractivity contribution in [3.8, 4) is 0 Å². The summed E-state index contributed by atoms with van der Waals surface area (Å²) in [5, 5.41) is 6.45. The summed E-state index contributed by atoms with van der Waals surface area (Å²) in [5.74, 6) is 0. The number of hydrogen-bond acceptors (Lipinski definition) is 2. The van der Waals surface area contributed by atoms with Gasteiger partial charge in [0.25, 0.3) is 0 Å². The third-order valence-corrected chi connectivity index (χ3v) is 0.841. The summed E-state index contributed by atoms with van der Waals surface area (Å²) in [6.45, 7) is 3.43. The topological polar surface area (TPSA) is 41.0 Å². The second-order valence-corrected chi connectivity index (χ2v) is 1.47. The lowest BCUT2D eigenvalue weighted by atomic mass is 10.5. The summed E-state index contributed by atoms with van der Waals surface area (Å²) in [4.78, 5) is 3.78. The van der Waals surface area contributed by atoms with Gasteiger partial charge in [-0.3, -0.25) is 10.1 Å². The molecule has 0 unspecified atom stereocenters. The Morgan fingerprint density at radius 3 is 3.22 bits per heavy atom. The van der Waals surface area contributed by atoms with Crippen molar-refractivity contribution in [1.29, 1.82) is 0 Å². The maximum atomic E-state index is 3.78. The third kappa shape index (κ3) is 1.53. The molecule has 3 nitrogen and oxygen atoms in total. The Labute approximate surface area is 53.1 Å². The maximum Gasteiger partial charge on any atom is 0.0760 e. The highest BCUT2D eigenvalue weighted by Gasteiger charge is 1.81. The van der Waals surface area contributed by atoms with Gasteiger partial charge in [0.15, 0.2) is 0 Å². The van der Waals surface area contributed by atoms with E-state index in [2.05, 4.69) is 21.8 Å². The van der Waals surface area contributed by atoms with Gasteiger partial charge in [-0.1, -0.05) is 6.58 Å². The maximum absolute atomic E-state index is 3.78. The van der Waals surface area contributed by atoms with Gasteiger partial charge >= 0.3 is 0 Å². The molecule has 1 aromatic rings. The van der Waals surface area contributed by atoms with E-state index in [1.165, 1.54) is 6.20 Å². The van der Waals surface area contributed by atoms with Crippen molar-refractivity contribution in [2.24, 2.45) is 4.99 Å². The minimum absolute atomic E-state index is 0.884. The van der Waals surface area contributed by atoms with Crippen molar-refractivity contribution in [3.63, 3.8) is 0 Å². The number of rotatable bonds is 2. The van der Waals surface area contributed by atoms with Gasteiger partial charge in [0, 0.05) is 12.4 Å². The van der Waals surface area contributed by atoms with Gasteiger partial charge in [-0.2, -0.15) is 5.10 Å². The summed E-state index contributed by atoms with van der Waals surface area (Å²) >= 11 is 0. The molecule has 0 radical (unpaired) electrons. The SMILES string of the molecule is C=CN=Cc1ccn[nH]1. The third-order valence-electron chi connectivity index (χ3n) is 0.841. The molecular weight excluding hydrogens is 114 g/mol. The highest BCUT2D eigenvalue weighted by Crippen LogP contribution is 1.84. The number of nitrogens with one attached hydrogen (secondary N) is 1. The molecule has 0 saturated carbocycles. The monoisotopic (exact) mass is 121 g/mol. The molecule has 0 amide bonds. The Bertz CT molecular complexity index is 198. The Hall–Kier alpha value is -1.38. The van der Waals surface area contributed by atoms with E-state index in [1.807, 2.05) is 6.07 Å². The fourth-order valence-corrected chi connectivity index (χ4v) is 0.472. The molecule has 0 fully saturated rings. The van der Waals surface area contributed by atoms with E-state index in [-0.39, 0.29) is 0 Å². The van der Waals surface area contributed by atoms with Gasteiger partial charge < -0.3 is 0 Å². The van der Waals surface area contributed by atoms with E-state index in [9.17, 15) is 0 Å². The first-order chi connectivity index (χ1) is 4.43. The van der Waals surface area contributed by atoms with E-state index in [4.69, 9.17) is 0 Å². The van der Waals surface area contributed by atoms with Crippen LogP contribution in [0.25, 0.3) is 0 Å². The van der Waals surface area contributed by atoms with Crippen molar-refractivity contribution >= 4 is 6.21 Å². The Kier molecular flexibility index (Phi) is 1.80. The highest BCUT2D eigenvalue weighted by molar-refractivity contribution is 5.76. The standard InChI is InChI=1S/C6H7N3/c1-2-7-5-6-3-4-8-9-6/h2-5H,1H2,(H,8,9). The van der Waals surface area contributed by atoms with Crippen molar-refractivity contribution in [2.75, 3.05) is 0 Å². The van der Waals surface area contributed by atoms with Crippen LogP contribution in [0.15, 0.2) is 30.0 Å². The number of aliphatic imine (C=N–C) groups is 1. The molecule has 0 aliphatic rings. The normalized spacial score (nSPS) is 10.2. The predicted octanol–water partition coefficient (Wildman–Crippen LogP) is 0.972. The van der Waals surface area contributed by atoms with Crippen LogP contribution in [0, 0.1) is 0 Å². The number of aromatic amines is 1. The molecule has 46 valence electrons. The van der Waals surface area contributed by atoms with Crippen LogP contribution < -0.4 is 0 Å². The fourth-order valence-electron chi connectivity index (χ4n) is 0.472. The fraction of sp³-hybridized carbons (Fsp3) is 0. The van der Waals surface area contributed by atoms with Gasteiger partial charge in [0.05, 0.1) is 11.9 Å². The Morgan fingerprint density at radius 1 is 1.78 bits per heavy atom. The summed E-state index contributed by atoms with van der Waals surface area (Å²) in [5.41, 5.74) is 0.884. The first kappa shape index (κ1) is 5.75. The molecule has 1 aromatic heterocycles. The summed E-state index contributed by atoms with van der Waals surface area (Å²) in [6, 6.07) is 1.83. The van der Waals surface area contributed by atoms with Crippen molar-refractivity contribution < 1.29 is 0 Å². The lowest BCUT2D eigenvalue weighted by Crippen LogP contribution is -1.77. The lowest BCUT2D eigenvalue weighted by Gasteiger charge is -1.76. The van der Waals surface area contributed by atoms with Gasteiger partial charge in [-0.25, -0.2) is 0 Å². The van der Waals surface area contributed by atoms with Crippen molar-refractivity contribution in [3.05, 3.63) is 30.7 Å². The Morgan fingerprint density at radius 2 is 2.67 bits per heavy atom. The number of hydrogen-bond donors (Lipinski definition) is 1. The predicted molar refractivity (Wildman–Crippen MR) is 36.4 cm³/mol. The molecule has 0 atom stereocenters. The van der Waals surface area contributed by atoms with Crippen LogP contribution in [0.2, 0.25) is 0 Å². The summed E-state index contributed by atoms with van der Waals surface area (Å²) in [6.07, 6.45) is 4.80. The second-order valence-electron chi connectivity index (χ2n) is 1.47. The van der Waals surface area contributed by atoms with E-state index in [1.54, 1.807) is 12.4 Å². The van der Waals surface area contributed by atoms with Gasteiger partial charge in [0.2, 0.25) is 0 Å². The zero-order chi connectivity index (χ0) is 6.53. The highest BCUT2D eigenvalue weighted by atomic mass is 15.1. The van der Waals surface area contributed by atoms with Gasteiger partial charge in [-0.15, -0.1) is 0 Å². The zero-order valence-electron chi connectivity index (χ0n) is 4.91. The van der Waals surface area contributed by atoms with Crippen molar-refractivity contribution in [2.45, 2.75) is 0 Å². The second kappa shape index (κ2) is 2.81.